The minimum absolute atomic E-state index is 0.0612. The third-order valence-electron chi connectivity index (χ3n) is 5.72. The molecule has 8 nitrogen and oxygen atoms in total. The zero-order valence-electron chi connectivity index (χ0n) is 18.3. The molecule has 178 valence electrons. The Hall–Kier alpha value is -3.73. The molecule has 1 aromatic carbocycles. The summed E-state index contributed by atoms with van der Waals surface area (Å²) < 4.78 is 47.4. The number of halogens is 3. The number of alkyl halides is 3. The molecular weight excluding hydrogens is 451 g/mol. The molecule has 0 aliphatic carbocycles. The maximum atomic E-state index is 12.8. The van der Waals surface area contributed by atoms with Crippen molar-refractivity contribution in [2.45, 2.75) is 24.9 Å². The number of nitrogens with zero attached hydrogens (tertiary/aromatic N) is 5. The van der Waals surface area contributed by atoms with Crippen LogP contribution in [0.15, 0.2) is 66.2 Å². The second kappa shape index (κ2) is 9.26. The molecule has 1 aliphatic heterocycles. The molecule has 2 atom stereocenters. The fraction of sp³-hybridized carbons (Fsp3) is 0.304. The van der Waals surface area contributed by atoms with E-state index in [1.807, 2.05) is 0 Å². The monoisotopic (exact) mass is 473 g/mol. The Morgan fingerprint density at radius 3 is 2.62 bits per heavy atom. The third-order valence-corrected chi connectivity index (χ3v) is 5.72. The average molecular weight is 473 g/mol. The Labute approximate surface area is 192 Å². The third kappa shape index (κ3) is 4.93. The highest BCUT2D eigenvalue weighted by molar-refractivity contribution is 5.87. The molecule has 0 spiro atoms. The number of ether oxygens (including phenoxy) is 1. The minimum Gasteiger partial charge on any atom is -0.369 e. The first kappa shape index (κ1) is 23.4. The molecule has 1 fully saturated rings. The molecule has 2 aromatic heterocycles. The van der Waals surface area contributed by atoms with E-state index in [1.54, 1.807) is 35.1 Å². The van der Waals surface area contributed by atoms with Crippen molar-refractivity contribution in [2.75, 3.05) is 13.1 Å². The summed E-state index contributed by atoms with van der Waals surface area (Å²) in [5.41, 5.74) is 0.748. The topological polar surface area (TPSA) is 82.3 Å². The van der Waals surface area contributed by atoms with Crippen molar-refractivity contribution in [3.8, 4) is 11.3 Å². The van der Waals surface area contributed by atoms with Gasteiger partial charge in [-0.3, -0.25) is 9.59 Å². The van der Waals surface area contributed by atoms with E-state index < -0.39 is 17.8 Å². The summed E-state index contributed by atoms with van der Waals surface area (Å²) in [5, 5.41) is 8.34. The molecule has 3 aromatic rings. The molecule has 0 saturated carbocycles. The van der Waals surface area contributed by atoms with Gasteiger partial charge in [-0.15, -0.1) is 5.10 Å². The molecule has 34 heavy (non-hydrogen) atoms. The Bertz CT molecular complexity index is 1250. The van der Waals surface area contributed by atoms with Crippen LogP contribution in [0.5, 0.6) is 0 Å². The molecule has 1 amide bonds. The fourth-order valence-electron chi connectivity index (χ4n) is 3.76. The lowest BCUT2D eigenvalue weighted by Gasteiger charge is -2.19. The number of carbonyl (C=O) groups is 1. The lowest BCUT2D eigenvalue weighted by Crippen LogP contribution is -2.28. The maximum absolute atomic E-state index is 12.8. The van der Waals surface area contributed by atoms with Crippen molar-refractivity contribution in [2.24, 2.45) is 7.05 Å². The normalized spacial score (nSPS) is 18.3. The van der Waals surface area contributed by atoms with Crippen molar-refractivity contribution in [1.29, 1.82) is 0 Å². The number of rotatable bonds is 6. The predicted molar refractivity (Wildman–Crippen MR) is 117 cm³/mol. The Kier molecular flexibility index (Phi) is 6.38. The highest BCUT2D eigenvalue weighted by atomic mass is 19.4. The average Bonchev–Trinajstić information content (AvgIpc) is 3.46. The summed E-state index contributed by atoms with van der Waals surface area (Å²) >= 11 is 0. The Balaban J connectivity index is 1.53. The summed E-state index contributed by atoms with van der Waals surface area (Å²) in [7, 11) is 1.64. The maximum Gasteiger partial charge on any atom is 0.416 e. The molecule has 3 heterocycles. The highest BCUT2D eigenvalue weighted by Crippen LogP contribution is 2.30. The first-order chi connectivity index (χ1) is 16.2. The number of hydrogen-bond acceptors (Lipinski definition) is 5. The van der Waals surface area contributed by atoms with Gasteiger partial charge >= 0.3 is 6.18 Å². The summed E-state index contributed by atoms with van der Waals surface area (Å²) in [5.74, 6) is -0.266. The van der Waals surface area contributed by atoms with Gasteiger partial charge in [0, 0.05) is 38.0 Å². The van der Waals surface area contributed by atoms with Crippen molar-refractivity contribution < 1.29 is 22.7 Å². The fourth-order valence-corrected chi connectivity index (χ4v) is 3.76. The van der Waals surface area contributed by atoms with E-state index >= 15 is 0 Å². The number of carbonyl (C=O) groups excluding carboxylic acids is 1. The van der Waals surface area contributed by atoms with Gasteiger partial charge in [0.1, 0.15) is 5.69 Å². The molecule has 1 aliphatic rings. The molecular formula is C23H22F3N5O3. The molecule has 0 unspecified atom stereocenters. The zero-order valence-corrected chi connectivity index (χ0v) is 18.3. The van der Waals surface area contributed by atoms with E-state index in [-0.39, 0.29) is 30.7 Å². The Morgan fingerprint density at radius 1 is 1.24 bits per heavy atom. The van der Waals surface area contributed by atoms with Crippen LogP contribution in [-0.2, 0) is 29.4 Å². The highest BCUT2D eigenvalue weighted by Gasteiger charge is 2.37. The second-order valence-electron chi connectivity index (χ2n) is 8.01. The van der Waals surface area contributed by atoms with E-state index in [2.05, 4.69) is 16.9 Å². The quantitative estimate of drug-likeness (QED) is 0.515. The predicted octanol–water partition coefficient (Wildman–Crippen LogP) is 2.82. The van der Waals surface area contributed by atoms with Crippen LogP contribution in [0.4, 0.5) is 13.2 Å². The van der Waals surface area contributed by atoms with Gasteiger partial charge < -0.3 is 14.2 Å². The largest absolute Gasteiger partial charge is 0.416 e. The number of aryl methyl sites for hydroxylation is 1. The van der Waals surface area contributed by atoms with Gasteiger partial charge in [0.2, 0.25) is 5.91 Å². The number of pyridine rings is 1. The standard InChI is InChI=1S/C23H22F3N5O3/c1-3-21(32)30-12-19(31-11-18(27-28-31)16-8-9-29(2)22(33)10-16)20(13-30)34-14-15-4-6-17(7-5-15)23(24,25)26/h3-11,19-20H,1,12-14H2,2H3/t19-,20-/m1/s1. The molecule has 0 radical (unpaired) electrons. The van der Waals surface area contributed by atoms with Crippen LogP contribution >= 0.6 is 0 Å². The van der Waals surface area contributed by atoms with Gasteiger partial charge in [-0.1, -0.05) is 23.9 Å². The second-order valence-corrected chi connectivity index (χ2v) is 8.01. The number of aromatic nitrogens is 4. The molecule has 0 N–H and O–H groups in total. The van der Waals surface area contributed by atoms with Crippen LogP contribution in [0, 0.1) is 0 Å². The van der Waals surface area contributed by atoms with Crippen LogP contribution in [0.1, 0.15) is 17.2 Å². The van der Waals surface area contributed by atoms with Crippen LogP contribution in [0.3, 0.4) is 0 Å². The smallest absolute Gasteiger partial charge is 0.369 e. The molecule has 1 saturated heterocycles. The van der Waals surface area contributed by atoms with Gasteiger partial charge in [0.05, 0.1) is 30.5 Å². The summed E-state index contributed by atoms with van der Waals surface area (Å²) in [6.45, 7) is 4.13. The molecule has 0 bridgehead atoms. The van der Waals surface area contributed by atoms with Gasteiger partial charge in [-0.25, -0.2) is 4.68 Å². The van der Waals surface area contributed by atoms with E-state index in [0.29, 0.717) is 23.4 Å². The van der Waals surface area contributed by atoms with E-state index in [0.717, 1.165) is 12.1 Å². The lowest BCUT2D eigenvalue weighted by atomic mass is 10.1. The van der Waals surface area contributed by atoms with E-state index in [1.165, 1.54) is 28.8 Å². The summed E-state index contributed by atoms with van der Waals surface area (Å²) in [6, 6.07) is 7.56. The van der Waals surface area contributed by atoms with Gasteiger partial charge in [-0.05, 0) is 29.8 Å². The molecule has 4 rings (SSSR count). The SMILES string of the molecule is C=CC(=O)N1C[C@@H](n2cc(-c3ccn(C)c(=O)c3)nn2)[C@H](OCc2ccc(C(F)(F)F)cc2)C1. The Morgan fingerprint density at radius 2 is 1.97 bits per heavy atom. The number of benzene rings is 1. The zero-order chi connectivity index (χ0) is 24.5. The van der Waals surface area contributed by atoms with Crippen LogP contribution < -0.4 is 5.56 Å². The van der Waals surface area contributed by atoms with Crippen LogP contribution in [0.2, 0.25) is 0 Å². The first-order valence-corrected chi connectivity index (χ1v) is 10.4. The lowest BCUT2D eigenvalue weighted by molar-refractivity contribution is -0.137. The van der Waals surface area contributed by atoms with Gasteiger partial charge in [0.15, 0.2) is 0 Å². The first-order valence-electron chi connectivity index (χ1n) is 10.4. The van der Waals surface area contributed by atoms with E-state index in [4.69, 9.17) is 4.74 Å². The number of hydrogen-bond donors (Lipinski definition) is 0. The van der Waals surface area contributed by atoms with Crippen molar-refractivity contribution in [3.05, 3.63) is 82.9 Å². The number of amides is 1. The van der Waals surface area contributed by atoms with Crippen molar-refractivity contribution in [3.63, 3.8) is 0 Å². The number of likely N-dealkylation sites (tertiary alicyclic amines) is 1. The van der Waals surface area contributed by atoms with Crippen LogP contribution in [0.25, 0.3) is 11.3 Å². The van der Waals surface area contributed by atoms with Crippen molar-refractivity contribution in [1.82, 2.24) is 24.5 Å². The summed E-state index contributed by atoms with van der Waals surface area (Å²) in [6.07, 6.45) is -0.371. The van der Waals surface area contributed by atoms with E-state index in [9.17, 15) is 22.8 Å². The molecule has 11 heteroatoms. The summed E-state index contributed by atoms with van der Waals surface area (Å²) in [4.78, 5) is 25.7. The van der Waals surface area contributed by atoms with Gasteiger partial charge in [-0.2, -0.15) is 13.2 Å². The van der Waals surface area contributed by atoms with Crippen molar-refractivity contribution >= 4 is 5.91 Å². The minimum atomic E-state index is -4.41. The van der Waals surface area contributed by atoms with Gasteiger partial charge in [0.25, 0.3) is 5.56 Å². The van der Waals surface area contributed by atoms with Crippen LogP contribution in [-0.4, -0.2) is 49.6 Å².